The molecule has 0 fully saturated rings. The number of pyridine rings is 1. The molecule has 6 heteroatoms. The highest BCUT2D eigenvalue weighted by atomic mass is 16.2. The number of carbonyl (C=O) groups is 2. The maximum Gasteiger partial charge on any atom is 0.251 e. The molecular weight excluding hydrogens is 244 g/mol. The minimum Gasteiger partial charge on any atom is -0.384 e. The summed E-state index contributed by atoms with van der Waals surface area (Å²) in [5, 5.41) is 5.31. The number of carbonyl (C=O) groups excluding carboxylic acids is 2. The third kappa shape index (κ3) is 4.95. The molecule has 104 valence electrons. The van der Waals surface area contributed by atoms with E-state index in [0.717, 1.165) is 5.69 Å². The monoisotopic (exact) mass is 264 g/mol. The molecule has 0 aromatic carbocycles. The Morgan fingerprint density at radius 2 is 1.89 bits per heavy atom. The molecule has 0 radical (unpaired) electrons. The van der Waals surface area contributed by atoms with Gasteiger partial charge < -0.3 is 16.4 Å². The van der Waals surface area contributed by atoms with Gasteiger partial charge in [-0.25, -0.2) is 4.98 Å². The van der Waals surface area contributed by atoms with E-state index < -0.39 is 0 Å². The van der Waals surface area contributed by atoms with Crippen LogP contribution in [-0.4, -0.2) is 29.9 Å². The Kier molecular flexibility index (Phi) is 5.29. The molecule has 0 atom stereocenters. The van der Waals surface area contributed by atoms with Crippen LogP contribution in [0.25, 0.3) is 0 Å². The standard InChI is InChI=1S/C13H20N4O2/c1-8(2)11-6-10(7-12(14)17-11)13(19)16-5-4-15-9(3)18/h6-8H,4-5H2,1-3H3,(H2,14,17)(H,15,18)(H,16,19). The fourth-order valence-electron chi connectivity index (χ4n) is 1.52. The highest BCUT2D eigenvalue weighted by Crippen LogP contribution is 2.15. The Morgan fingerprint density at radius 1 is 1.26 bits per heavy atom. The number of hydrogen-bond acceptors (Lipinski definition) is 4. The molecule has 4 N–H and O–H groups in total. The van der Waals surface area contributed by atoms with Crippen molar-refractivity contribution in [1.29, 1.82) is 0 Å². The van der Waals surface area contributed by atoms with Gasteiger partial charge in [0.25, 0.3) is 5.91 Å². The highest BCUT2D eigenvalue weighted by molar-refractivity contribution is 5.94. The lowest BCUT2D eigenvalue weighted by Crippen LogP contribution is -2.33. The molecule has 0 saturated carbocycles. The van der Waals surface area contributed by atoms with Crippen LogP contribution in [0.5, 0.6) is 0 Å². The molecule has 19 heavy (non-hydrogen) atoms. The Bertz CT molecular complexity index is 472. The topological polar surface area (TPSA) is 97.1 Å². The van der Waals surface area contributed by atoms with E-state index in [9.17, 15) is 9.59 Å². The summed E-state index contributed by atoms with van der Waals surface area (Å²) in [6.07, 6.45) is 0. The number of hydrogen-bond donors (Lipinski definition) is 3. The van der Waals surface area contributed by atoms with E-state index in [2.05, 4.69) is 15.6 Å². The van der Waals surface area contributed by atoms with Crippen molar-refractivity contribution in [3.8, 4) is 0 Å². The maximum atomic E-state index is 11.9. The molecule has 0 aliphatic heterocycles. The van der Waals surface area contributed by atoms with Crippen molar-refractivity contribution in [2.24, 2.45) is 0 Å². The second-order valence-electron chi connectivity index (χ2n) is 4.60. The van der Waals surface area contributed by atoms with Gasteiger partial charge in [0.05, 0.1) is 0 Å². The number of nitrogens with zero attached hydrogens (tertiary/aromatic N) is 1. The zero-order chi connectivity index (χ0) is 14.4. The average Bonchev–Trinajstić information content (AvgIpc) is 2.33. The SMILES string of the molecule is CC(=O)NCCNC(=O)c1cc(N)nc(C(C)C)c1. The third-order valence-corrected chi connectivity index (χ3v) is 2.50. The molecule has 0 spiro atoms. The van der Waals surface area contributed by atoms with Crippen molar-refractivity contribution < 1.29 is 9.59 Å². The van der Waals surface area contributed by atoms with Crippen LogP contribution in [0.1, 0.15) is 42.7 Å². The quantitative estimate of drug-likeness (QED) is 0.680. The fourth-order valence-corrected chi connectivity index (χ4v) is 1.52. The molecule has 1 rings (SSSR count). The number of nitrogens with two attached hydrogens (primary N) is 1. The number of amides is 2. The van der Waals surface area contributed by atoms with Gasteiger partial charge in [-0.2, -0.15) is 0 Å². The lowest BCUT2D eigenvalue weighted by atomic mass is 10.1. The number of nitrogens with one attached hydrogen (secondary N) is 2. The van der Waals surface area contributed by atoms with Crippen LogP contribution in [0.2, 0.25) is 0 Å². The summed E-state index contributed by atoms with van der Waals surface area (Å²) in [4.78, 5) is 26.8. The summed E-state index contributed by atoms with van der Waals surface area (Å²) in [6, 6.07) is 3.27. The molecule has 1 heterocycles. The molecule has 1 aromatic rings. The first-order chi connectivity index (χ1) is 8.90. The second-order valence-corrected chi connectivity index (χ2v) is 4.60. The van der Waals surface area contributed by atoms with E-state index in [1.807, 2.05) is 13.8 Å². The summed E-state index contributed by atoms with van der Waals surface area (Å²) < 4.78 is 0. The number of aromatic nitrogens is 1. The molecule has 2 amide bonds. The summed E-state index contributed by atoms with van der Waals surface area (Å²) in [5.74, 6) is 0.193. The van der Waals surface area contributed by atoms with E-state index in [1.165, 1.54) is 6.92 Å². The molecule has 0 aliphatic carbocycles. The molecule has 6 nitrogen and oxygen atoms in total. The van der Waals surface area contributed by atoms with Crippen LogP contribution in [0.4, 0.5) is 5.82 Å². The van der Waals surface area contributed by atoms with Crippen LogP contribution in [0, 0.1) is 0 Å². The number of nitrogen functional groups attached to an aromatic ring is 1. The minimum atomic E-state index is -0.221. The van der Waals surface area contributed by atoms with Crippen molar-refractivity contribution in [1.82, 2.24) is 15.6 Å². The van der Waals surface area contributed by atoms with E-state index >= 15 is 0 Å². The Balaban J connectivity index is 2.64. The van der Waals surface area contributed by atoms with E-state index in [4.69, 9.17) is 5.73 Å². The van der Waals surface area contributed by atoms with Crippen LogP contribution in [0.3, 0.4) is 0 Å². The average molecular weight is 264 g/mol. The maximum absolute atomic E-state index is 11.9. The lowest BCUT2D eigenvalue weighted by Gasteiger charge is -2.10. The zero-order valence-electron chi connectivity index (χ0n) is 11.5. The highest BCUT2D eigenvalue weighted by Gasteiger charge is 2.10. The van der Waals surface area contributed by atoms with Crippen molar-refractivity contribution in [3.63, 3.8) is 0 Å². The minimum absolute atomic E-state index is 0.121. The van der Waals surface area contributed by atoms with Crippen molar-refractivity contribution in [2.45, 2.75) is 26.7 Å². The summed E-state index contributed by atoms with van der Waals surface area (Å²) >= 11 is 0. The van der Waals surface area contributed by atoms with Gasteiger partial charge >= 0.3 is 0 Å². The summed E-state index contributed by atoms with van der Waals surface area (Å²) in [6.45, 7) is 6.18. The predicted octanol–water partition coefficient (Wildman–Crippen LogP) is 0.653. The van der Waals surface area contributed by atoms with E-state index in [-0.39, 0.29) is 17.7 Å². The van der Waals surface area contributed by atoms with E-state index in [0.29, 0.717) is 24.5 Å². The van der Waals surface area contributed by atoms with Gasteiger partial charge in [0.1, 0.15) is 5.82 Å². The Labute approximate surface area is 112 Å². The smallest absolute Gasteiger partial charge is 0.251 e. The van der Waals surface area contributed by atoms with Gasteiger partial charge in [0, 0.05) is 31.3 Å². The first-order valence-corrected chi connectivity index (χ1v) is 6.20. The third-order valence-electron chi connectivity index (χ3n) is 2.50. The normalized spacial score (nSPS) is 10.3. The number of anilines is 1. The van der Waals surface area contributed by atoms with Crippen LogP contribution in [-0.2, 0) is 4.79 Å². The van der Waals surface area contributed by atoms with Crippen LogP contribution in [0.15, 0.2) is 12.1 Å². The van der Waals surface area contributed by atoms with Crippen LogP contribution < -0.4 is 16.4 Å². The first-order valence-electron chi connectivity index (χ1n) is 6.20. The predicted molar refractivity (Wildman–Crippen MR) is 73.8 cm³/mol. The molecule has 0 bridgehead atoms. The largest absolute Gasteiger partial charge is 0.384 e. The van der Waals surface area contributed by atoms with Gasteiger partial charge in [-0.15, -0.1) is 0 Å². The van der Waals surface area contributed by atoms with Gasteiger partial charge in [-0.1, -0.05) is 13.8 Å². The van der Waals surface area contributed by atoms with Gasteiger partial charge in [0.15, 0.2) is 0 Å². The molecule has 0 aliphatic rings. The first kappa shape index (κ1) is 14.9. The van der Waals surface area contributed by atoms with Crippen molar-refractivity contribution >= 4 is 17.6 Å². The zero-order valence-corrected chi connectivity index (χ0v) is 11.5. The molecule has 1 aromatic heterocycles. The molecule has 0 saturated heterocycles. The molecular formula is C13H20N4O2. The van der Waals surface area contributed by atoms with Crippen LogP contribution >= 0.6 is 0 Å². The van der Waals surface area contributed by atoms with Gasteiger partial charge in [-0.3, -0.25) is 9.59 Å². The van der Waals surface area contributed by atoms with Gasteiger partial charge in [0.2, 0.25) is 5.91 Å². The van der Waals surface area contributed by atoms with Crippen molar-refractivity contribution in [3.05, 3.63) is 23.4 Å². The fraction of sp³-hybridized carbons (Fsp3) is 0.462. The van der Waals surface area contributed by atoms with Gasteiger partial charge in [-0.05, 0) is 18.1 Å². The lowest BCUT2D eigenvalue weighted by molar-refractivity contribution is -0.118. The summed E-state index contributed by atoms with van der Waals surface area (Å²) in [7, 11) is 0. The molecule has 0 unspecified atom stereocenters. The van der Waals surface area contributed by atoms with Crippen molar-refractivity contribution in [2.75, 3.05) is 18.8 Å². The summed E-state index contributed by atoms with van der Waals surface area (Å²) in [5.41, 5.74) is 6.95. The van der Waals surface area contributed by atoms with E-state index in [1.54, 1.807) is 12.1 Å². The Hall–Kier alpha value is -2.11. The Morgan fingerprint density at radius 3 is 2.47 bits per heavy atom. The number of rotatable bonds is 5. The second kappa shape index (κ2) is 6.72.